The number of methoxy groups -OCH3 is 1. The molecule has 1 heterocycles. The molecule has 0 aliphatic carbocycles. The molecular weight excluding hydrogens is 462 g/mol. The first-order valence-electron chi connectivity index (χ1n) is 13.2. The Morgan fingerprint density at radius 3 is 2.62 bits per heavy atom. The fourth-order valence-electron chi connectivity index (χ4n) is 4.49. The van der Waals surface area contributed by atoms with Gasteiger partial charge in [0.1, 0.15) is 17.3 Å². The number of amides is 1. The first-order chi connectivity index (χ1) is 18.2. The fraction of sp³-hybridized carbons (Fsp3) is 0.355. The Hall–Kier alpha value is -3.80. The number of fused-ring (bicyclic) bond motifs is 1. The number of hydrogen-bond donors (Lipinski definition) is 1. The Morgan fingerprint density at radius 1 is 0.919 bits per heavy atom. The molecule has 6 nitrogen and oxygen atoms in total. The summed E-state index contributed by atoms with van der Waals surface area (Å²) in [6, 6.07) is 23.8. The van der Waals surface area contributed by atoms with E-state index in [0.717, 1.165) is 62.2 Å². The molecule has 0 saturated carbocycles. The van der Waals surface area contributed by atoms with Crippen LogP contribution in [0.15, 0.2) is 72.8 Å². The minimum Gasteiger partial charge on any atom is -0.497 e. The zero-order valence-corrected chi connectivity index (χ0v) is 21.9. The Morgan fingerprint density at radius 2 is 1.76 bits per heavy atom. The monoisotopic (exact) mass is 499 g/mol. The number of carbonyl (C=O) groups is 1. The lowest BCUT2D eigenvalue weighted by atomic mass is 10.1. The quantitative estimate of drug-likeness (QED) is 0.205. The van der Waals surface area contributed by atoms with Crippen LogP contribution in [-0.2, 0) is 13.0 Å². The van der Waals surface area contributed by atoms with Gasteiger partial charge in [-0.3, -0.25) is 4.79 Å². The van der Waals surface area contributed by atoms with Gasteiger partial charge >= 0.3 is 0 Å². The molecule has 194 valence electrons. The molecule has 0 atom stereocenters. The van der Waals surface area contributed by atoms with E-state index in [1.165, 1.54) is 11.1 Å². The number of carbonyl (C=O) groups excluding carboxylic acids is 1. The van der Waals surface area contributed by atoms with E-state index < -0.39 is 0 Å². The summed E-state index contributed by atoms with van der Waals surface area (Å²) < 4.78 is 13.5. The molecule has 0 saturated heterocycles. The lowest BCUT2D eigenvalue weighted by molar-refractivity contribution is 0.0952. The van der Waals surface area contributed by atoms with Gasteiger partial charge in [-0.25, -0.2) is 4.98 Å². The molecule has 0 aliphatic heterocycles. The minimum absolute atomic E-state index is 0.0629. The Bertz CT molecular complexity index is 1300. The van der Waals surface area contributed by atoms with E-state index >= 15 is 0 Å². The predicted octanol–water partition coefficient (Wildman–Crippen LogP) is 6.36. The number of aryl methyl sites for hydroxylation is 3. The molecule has 1 aromatic heterocycles. The molecule has 6 heteroatoms. The molecule has 1 amide bonds. The molecule has 0 fully saturated rings. The van der Waals surface area contributed by atoms with Gasteiger partial charge in [0, 0.05) is 25.1 Å². The molecule has 0 radical (unpaired) electrons. The van der Waals surface area contributed by atoms with Gasteiger partial charge in [-0.15, -0.1) is 0 Å². The normalized spacial score (nSPS) is 11.0. The van der Waals surface area contributed by atoms with E-state index in [1.54, 1.807) is 19.2 Å². The molecule has 0 bridgehead atoms. The highest BCUT2D eigenvalue weighted by Crippen LogP contribution is 2.20. The summed E-state index contributed by atoms with van der Waals surface area (Å²) >= 11 is 0. The standard InChI is InChI=1S/C31H37N3O3/c1-24-13-5-8-18-29(24)37-22-11-10-21-34-28-17-7-6-16-27(28)33-30(34)19-4-3-9-20-32-31(35)25-14-12-15-26(23-25)36-2/h5-8,12-18,23H,3-4,9-11,19-22H2,1-2H3,(H,32,35). The molecule has 0 aliphatic rings. The van der Waals surface area contributed by atoms with Crippen molar-refractivity contribution in [3.05, 3.63) is 89.7 Å². The van der Waals surface area contributed by atoms with Gasteiger partial charge in [0.15, 0.2) is 0 Å². The van der Waals surface area contributed by atoms with Crippen molar-refractivity contribution in [1.29, 1.82) is 0 Å². The summed E-state index contributed by atoms with van der Waals surface area (Å²) in [7, 11) is 1.60. The van der Waals surface area contributed by atoms with Crippen molar-refractivity contribution in [1.82, 2.24) is 14.9 Å². The zero-order valence-electron chi connectivity index (χ0n) is 21.9. The number of hydrogen-bond acceptors (Lipinski definition) is 4. The highest BCUT2D eigenvalue weighted by molar-refractivity contribution is 5.94. The van der Waals surface area contributed by atoms with Gasteiger partial charge in [0.2, 0.25) is 0 Å². The molecule has 4 rings (SSSR count). The van der Waals surface area contributed by atoms with Crippen molar-refractivity contribution in [3.63, 3.8) is 0 Å². The fourth-order valence-corrected chi connectivity index (χ4v) is 4.49. The second kappa shape index (κ2) is 13.5. The molecule has 4 aromatic rings. The van der Waals surface area contributed by atoms with Crippen LogP contribution in [0.25, 0.3) is 11.0 Å². The maximum atomic E-state index is 12.4. The third kappa shape index (κ3) is 7.35. The molecule has 0 unspecified atom stereocenters. The molecular formula is C31H37N3O3. The smallest absolute Gasteiger partial charge is 0.251 e. The van der Waals surface area contributed by atoms with Crippen LogP contribution >= 0.6 is 0 Å². The highest BCUT2D eigenvalue weighted by Gasteiger charge is 2.11. The second-order valence-electron chi connectivity index (χ2n) is 9.29. The Kier molecular flexibility index (Phi) is 9.58. The zero-order chi connectivity index (χ0) is 25.9. The summed E-state index contributed by atoms with van der Waals surface area (Å²) in [6.45, 7) is 4.39. The minimum atomic E-state index is -0.0629. The molecule has 0 spiro atoms. The van der Waals surface area contributed by atoms with Crippen LogP contribution in [0.2, 0.25) is 0 Å². The van der Waals surface area contributed by atoms with E-state index in [0.29, 0.717) is 24.5 Å². The lowest BCUT2D eigenvalue weighted by Crippen LogP contribution is -2.24. The number of nitrogens with one attached hydrogen (secondary N) is 1. The van der Waals surface area contributed by atoms with Crippen LogP contribution in [0, 0.1) is 6.92 Å². The number of benzene rings is 3. The van der Waals surface area contributed by atoms with Gasteiger partial charge in [-0.1, -0.05) is 42.8 Å². The van der Waals surface area contributed by atoms with Crippen molar-refractivity contribution in [2.45, 2.75) is 52.0 Å². The van der Waals surface area contributed by atoms with Gasteiger partial charge in [-0.2, -0.15) is 0 Å². The summed E-state index contributed by atoms with van der Waals surface area (Å²) in [5.41, 5.74) is 4.05. The lowest BCUT2D eigenvalue weighted by Gasteiger charge is -2.11. The summed E-state index contributed by atoms with van der Waals surface area (Å²) in [6.07, 6.45) is 5.97. The summed E-state index contributed by atoms with van der Waals surface area (Å²) in [5, 5.41) is 3.01. The van der Waals surface area contributed by atoms with Gasteiger partial charge in [-0.05, 0) is 74.6 Å². The van der Waals surface area contributed by atoms with E-state index in [1.807, 2.05) is 36.4 Å². The average Bonchev–Trinajstić information content (AvgIpc) is 3.28. The van der Waals surface area contributed by atoms with E-state index in [9.17, 15) is 4.79 Å². The molecule has 3 aromatic carbocycles. The largest absolute Gasteiger partial charge is 0.497 e. The van der Waals surface area contributed by atoms with Crippen LogP contribution < -0.4 is 14.8 Å². The SMILES string of the molecule is COc1cccc(C(=O)NCCCCCc2nc3ccccc3n2CCCCOc2ccccc2C)c1. The number of aromatic nitrogens is 2. The maximum absolute atomic E-state index is 12.4. The van der Waals surface area contributed by atoms with Gasteiger partial charge < -0.3 is 19.4 Å². The first kappa shape index (κ1) is 26.3. The average molecular weight is 500 g/mol. The number of rotatable bonds is 14. The second-order valence-corrected chi connectivity index (χ2v) is 9.29. The summed E-state index contributed by atoms with van der Waals surface area (Å²) in [4.78, 5) is 17.3. The third-order valence-corrected chi connectivity index (χ3v) is 6.56. The van der Waals surface area contributed by atoms with Crippen molar-refractivity contribution in [3.8, 4) is 11.5 Å². The van der Waals surface area contributed by atoms with E-state index in [2.05, 4.69) is 41.1 Å². The molecule has 37 heavy (non-hydrogen) atoms. The number of nitrogens with zero attached hydrogens (tertiary/aromatic N) is 2. The van der Waals surface area contributed by atoms with Gasteiger partial charge in [0.25, 0.3) is 5.91 Å². The van der Waals surface area contributed by atoms with E-state index in [-0.39, 0.29) is 5.91 Å². The van der Waals surface area contributed by atoms with Crippen LogP contribution in [0.1, 0.15) is 53.8 Å². The predicted molar refractivity (Wildman–Crippen MR) is 149 cm³/mol. The van der Waals surface area contributed by atoms with Crippen molar-refractivity contribution >= 4 is 16.9 Å². The number of unbranched alkanes of at least 4 members (excludes halogenated alkanes) is 3. The van der Waals surface area contributed by atoms with Crippen molar-refractivity contribution in [2.24, 2.45) is 0 Å². The topological polar surface area (TPSA) is 65.4 Å². The Balaban J connectivity index is 1.22. The van der Waals surface area contributed by atoms with Crippen molar-refractivity contribution in [2.75, 3.05) is 20.3 Å². The van der Waals surface area contributed by atoms with Crippen LogP contribution in [0.4, 0.5) is 0 Å². The van der Waals surface area contributed by atoms with Crippen LogP contribution in [0.3, 0.4) is 0 Å². The van der Waals surface area contributed by atoms with Crippen LogP contribution in [0.5, 0.6) is 11.5 Å². The molecule has 1 N–H and O–H groups in total. The van der Waals surface area contributed by atoms with Gasteiger partial charge in [0.05, 0.1) is 24.8 Å². The van der Waals surface area contributed by atoms with Crippen molar-refractivity contribution < 1.29 is 14.3 Å². The number of ether oxygens (including phenoxy) is 2. The van der Waals surface area contributed by atoms with E-state index in [4.69, 9.17) is 14.5 Å². The highest BCUT2D eigenvalue weighted by atomic mass is 16.5. The first-order valence-corrected chi connectivity index (χ1v) is 13.2. The maximum Gasteiger partial charge on any atom is 0.251 e. The third-order valence-electron chi connectivity index (χ3n) is 6.56. The van der Waals surface area contributed by atoms with Crippen LogP contribution in [-0.4, -0.2) is 35.7 Å². The Labute approximate surface area is 219 Å². The summed E-state index contributed by atoms with van der Waals surface area (Å²) in [5.74, 6) is 2.74. The number of imidazole rings is 1. The number of para-hydroxylation sites is 3.